The second-order valence-corrected chi connectivity index (χ2v) is 5.26. The van der Waals surface area contributed by atoms with Crippen LogP contribution in [0.5, 0.6) is 0 Å². The van der Waals surface area contributed by atoms with E-state index in [9.17, 15) is 0 Å². The number of rotatable bonds is 5. The fraction of sp³-hybridized carbons (Fsp3) is 0.429. The highest BCUT2D eigenvalue weighted by Gasteiger charge is 2.40. The van der Waals surface area contributed by atoms with Crippen molar-refractivity contribution in [1.82, 2.24) is 9.97 Å². The van der Waals surface area contributed by atoms with Crippen LogP contribution in [0.25, 0.3) is 10.9 Å². The van der Waals surface area contributed by atoms with Gasteiger partial charge in [0.25, 0.3) is 0 Å². The second-order valence-electron chi connectivity index (χ2n) is 5.26. The molecule has 0 bridgehead atoms. The number of benzene rings is 1. The van der Waals surface area contributed by atoms with Gasteiger partial charge in [-0.05, 0) is 36.8 Å². The Morgan fingerprint density at radius 1 is 1.26 bits per heavy atom. The van der Waals surface area contributed by atoms with Crippen LogP contribution in [0, 0.1) is 5.41 Å². The van der Waals surface area contributed by atoms with Gasteiger partial charge >= 0.3 is 0 Å². The summed E-state index contributed by atoms with van der Waals surface area (Å²) in [4.78, 5) is 8.77. The third kappa shape index (κ3) is 2.33. The molecular formula is C14H19N5. The van der Waals surface area contributed by atoms with E-state index in [1.54, 1.807) is 0 Å². The number of para-hydroxylation sites is 1. The highest BCUT2D eigenvalue weighted by molar-refractivity contribution is 5.90. The molecule has 0 radical (unpaired) electrons. The summed E-state index contributed by atoms with van der Waals surface area (Å²) in [6.07, 6.45) is 3.83. The summed E-state index contributed by atoms with van der Waals surface area (Å²) >= 11 is 0. The predicted molar refractivity (Wildman–Crippen MR) is 77.8 cm³/mol. The standard InChI is InChI=1S/C14H19N5/c1-2-14(7-8-14)9-16-12-10-5-3-4-6-11(10)17-13(18-12)19-15/h3-6H,2,7-9,15H2,1H3,(H2,16,17,18,19). The molecule has 100 valence electrons. The molecule has 0 saturated heterocycles. The van der Waals surface area contributed by atoms with E-state index in [0.717, 1.165) is 23.3 Å². The number of anilines is 2. The number of hydrogen-bond acceptors (Lipinski definition) is 5. The quantitative estimate of drug-likeness (QED) is 0.567. The van der Waals surface area contributed by atoms with E-state index in [2.05, 4.69) is 27.6 Å². The van der Waals surface area contributed by atoms with Gasteiger partial charge in [-0.3, -0.25) is 5.43 Å². The Bertz CT molecular complexity index is 591. The van der Waals surface area contributed by atoms with Gasteiger partial charge in [-0.15, -0.1) is 0 Å². The molecule has 3 rings (SSSR count). The molecule has 1 aliphatic rings. The number of hydrogen-bond donors (Lipinski definition) is 3. The molecule has 1 aliphatic carbocycles. The second kappa shape index (κ2) is 4.66. The van der Waals surface area contributed by atoms with Gasteiger partial charge in [-0.1, -0.05) is 19.1 Å². The molecule has 5 heteroatoms. The lowest BCUT2D eigenvalue weighted by Gasteiger charge is -2.15. The topological polar surface area (TPSA) is 75.9 Å². The molecule has 0 atom stereocenters. The van der Waals surface area contributed by atoms with Crippen molar-refractivity contribution < 1.29 is 0 Å². The largest absolute Gasteiger partial charge is 0.369 e. The smallest absolute Gasteiger partial charge is 0.239 e. The average molecular weight is 257 g/mol. The minimum Gasteiger partial charge on any atom is -0.369 e. The first-order valence-corrected chi connectivity index (χ1v) is 6.74. The number of nitrogen functional groups attached to an aromatic ring is 1. The lowest BCUT2D eigenvalue weighted by atomic mass is 10.0. The van der Waals surface area contributed by atoms with Crippen molar-refractivity contribution in [3.63, 3.8) is 0 Å². The minimum atomic E-state index is 0.447. The number of aromatic nitrogens is 2. The van der Waals surface area contributed by atoms with Crippen molar-refractivity contribution in [1.29, 1.82) is 0 Å². The molecule has 19 heavy (non-hydrogen) atoms. The van der Waals surface area contributed by atoms with Crippen LogP contribution >= 0.6 is 0 Å². The Balaban J connectivity index is 1.92. The fourth-order valence-corrected chi connectivity index (χ4v) is 2.38. The maximum absolute atomic E-state index is 5.43. The van der Waals surface area contributed by atoms with Gasteiger partial charge in [0.15, 0.2) is 0 Å². The first-order chi connectivity index (χ1) is 9.26. The molecule has 4 N–H and O–H groups in total. The van der Waals surface area contributed by atoms with Gasteiger partial charge < -0.3 is 5.32 Å². The third-order valence-corrected chi connectivity index (χ3v) is 4.07. The van der Waals surface area contributed by atoms with Crippen LogP contribution < -0.4 is 16.6 Å². The fourth-order valence-electron chi connectivity index (χ4n) is 2.38. The summed E-state index contributed by atoms with van der Waals surface area (Å²) in [6, 6.07) is 7.96. The minimum absolute atomic E-state index is 0.447. The Hall–Kier alpha value is -1.88. The summed E-state index contributed by atoms with van der Waals surface area (Å²) in [6.45, 7) is 3.22. The van der Waals surface area contributed by atoms with Gasteiger partial charge in [0.1, 0.15) is 5.82 Å². The Morgan fingerprint density at radius 2 is 2.05 bits per heavy atom. The summed E-state index contributed by atoms with van der Waals surface area (Å²) in [5.74, 6) is 6.73. The Morgan fingerprint density at radius 3 is 2.74 bits per heavy atom. The zero-order valence-corrected chi connectivity index (χ0v) is 11.1. The molecule has 1 saturated carbocycles. The molecule has 1 aromatic carbocycles. The summed E-state index contributed by atoms with van der Waals surface area (Å²) < 4.78 is 0. The highest BCUT2D eigenvalue weighted by atomic mass is 15.3. The van der Waals surface area contributed by atoms with Crippen LogP contribution in [0.3, 0.4) is 0 Å². The molecule has 0 unspecified atom stereocenters. The van der Waals surface area contributed by atoms with Crippen molar-refractivity contribution in [3.05, 3.63) is 24.3 Å². The van der Waals surface area contributed by atoms with Crippen molar-refractivity contribution in [2.24, 2.45) is 11.3 Å². The maximum Gasteiger partial charge on any atom is 0.239 e. The van der Waals surface area contributed by atoms with Crippen LogP contribution in [-0.4, -0.2) is 16.5 Å². The SMILES string of the molecule is CCC1(CNc2nc(NN)nc3ccccc23)CC1. The van der Waals surface area contributed by atoms with Crippen molar-refractivity contribution >= 4 is 22.7 Å². The van der Waals surface area contributed by atoms with E-state index in [1.807, 2.05) is 24.3 Å². The molecule has 1 aromatic heterocycles. The van der Waals surface area contributed by atoms with Crippen LogP contribution in [0.2, 0.25) is 0 Å². The monoisotopic (exact) mass is 257 g/mol. The van der Waals surface area contributed by atoms with Gasteiger partial charge in [0.05, 0.1) is 5.52 Å². The third-order valence-electron chi connectivity index (χ3n) is 4.07. The molecule has 1 heterocycles. The zero-order valence-electron chi connectivity index (χ0n) is 11.1. The van der Waals surface area contributed by atoms with E-state index < -0.39 is 0 Å². The summed E-state index contributed by atoms with van der Waals surface area (Å²) in [7, 11) is 0. The van der Waals surface area contributed by atoms with E-state index >= 15 is 0 Å². The Labute approximate surface area is 112 Å². The average Bonchev–Trinajstić information content (AvgIpc) is 3.25. The lowest BCUT2D eigenvalue weighted by molar-refractivity contribution is 0.521. The normalized spacial score (nSPS) is 16.3. The number of nitrogens with one attached hydrogen (secondary N) is 2. The van der Waals surface area contributed by atoms with Crippen molar-refractivity contribution in [2.75, 3.05) is 17.3 Å². The summed E-state index contributed by atoms with van der Waals surface area (Å²) in [5, 5.41) is 4.50. The van der Waals surface area contributed by atoms with Crippen LogP contribution in [0.1, 0.15) is 26.2 Å². The molecule has 0 aliphatic heterocycles. The van der Waals surface area contributed by atoms with E-state index in [0.29, 0.717) is 11.4 Å². The number of fused-ring (bicyclic) bond motifs is 1. The zero-order chi connectivity index (χ0) is 13.3. The van der Waals surface area contributed by atoms with Crippen LogP contribution in [-0.2, 0) is 0 Å². The molecule has 0 spiro atoms. The summed E-state index contributed by atoms with van der Waals surface area (Å²) in [5.41, 5.74) is 3.90. The number of nitrogens with two attached hydrogens (primary N) is 1. The van der Waals surface area contributed by atoms with Gasteiger partial charge in [0, 0.05) is 11.9 Å². The van der Waals surface area contributed by atoms with Crippen LogP contribution in [0.15, 0.2) is 24.3 Å². The molecule has 1 fully saturated rings. The molecule has 5 nitrogen and oxygen atoms in total. The van der Waals surface area contributed by atoms with Crippen molar-refractivity contribution in [2.45, 2.75) is 26.2 Å². The van der Waals surface area contributed by atoms with Gasteiger partial charge in [-0.25, -0.2) is 10.8 Å². The first-order valence-electron chi connectivity index (χ1n) is 6.74. The lowest BCUT2D eigenvalue weighted by Crippen LogP contribution is -2.17. The number of nitrogens with zero attached hydrogens (tertiary/aromatic N) is 2. The van der Waals surface area contributed by atoms with Gasteiger partial charge in [-0.2, -0.15) is 4.98 Å². The molecule has 0 amide bonds. The van der Waals surface area contributed by atoms with Gasteiger partial charge in [0.2, 0.25) is 5.95 Å². The molecular weight excluding hydrogens is 238 g/mol. The van der Waals surface area contributed by atoms with E-state index in [1.165, 1.54) is 19.3 Å². The van der Waals surface area contributed by atoms with Crippen LogP contribution in [0.4, 0.5) is 11.8 Å². The Kier molecular flexibility index (Phi) is 2.98. The maximum atomic E-state index is 5.43. The van der Waals surface area contributed by atoms with E-state index in [-0.39, 0.29) is 0 Å². The van der Waals surface area contributed by atoms with E-state index in [4.69, 9.17) is 5.84 Å². The van der Waals surface area contributed by atoms with Crippen molar-refractivity contribution in [3.8, 4) is 0 Å². The first kappa shape index (κ1) is 12.2. The number of hydrazine groups is 1. The highest BCUT2D eigenvalue weighted by Crippen LogP contribution is 2.48. The predicted octanol–water partition coefficient (Wildman–Crippen LogP) is 2.52. The molecule has 2 aromatic rings.